The maximum absolute atomic E-state index is 12.2. The van der Waals surface area contributed by atoms with E-state index >= 15 is 0 Å². The smallest absolute Gasteiger partial charge is 0.236 e. The predicted molar refractivity (Wildman–Crippen MR) is 31.0 cm³/mol. The van der Waals surface area contributed by atoms with Crippen molar-refractivity contribution in [2.75, 3.05) is 0 Å². The van der Waals surface area contributed by atoms with Gasteiger partial charge >= 0.3 is 18.0 Å². The fourth-order valence-electron chi connectivity index (χ4n) is 0.510. The zero-order valence-electron chi connectivity index (χ0n) is 6.39. The van der Waals surface area contributed by atoms with Crippen molar-refractivity contribution >= 4 is 0 Å². The van der Waals surface area contributed by atoms with E-state index in [1.165, 1.54) is 0 Å². The van der Waals surface area contributed by atoms with Crippen molar-refractivity contribution in [3.05, 3.63) is 12.7 Å². The van der Waals surface area contributed by atoms with Gasteiger partial charge in [0.1, 0.15) is 0 Å². The molecule has 0 aromatic rings. The molecular weight excluding hydrogens is 224 g/mol. The van der Waals surface area contributed by atoms with E-state index in [1.807, 2.05) is 0 Å². The number of hydrogen-bond donors (Lipinski definition) is 0. The number of rotatable bonds is 3. The zero-order valence-corrected chi connectivity index (χ0v) is 6.39. The van der Waals surface area contributed by atoms with Crippen LogP contribution in [0.3, 0.4) is 0 Å². The van der Waals surface area contributed by atoms with Gasteiger partial charge in [-0.25, -0.2) is 4.39 Å². The van der Waals surface area contributed by atoms with Gasteiger partial charge < -0.3 is 0 Å². The highest BCUT2D eigenvalue weighted by molar-refractivity contribution is 5.02. The Morgan fingerprint density at radius 2 is 1.29 bits per heavy atom. The molecule has 84 valence electrons. The molecule has 8 heteroatoms. The van der Waals surface area contributed by atoms with Crippen LogP contribution in [-0.4, -0.2) is 24.2 Å². The Morgan fingerprint density at radius 3 is 1.50 bits per heavy atom. The van der Waals surface area contributed by atoms with Crippen LogP contribution in [0.2, 0.25) is 0 Å². The molecule has 0 nitrogen and oxygen atoms in total. The SMILES string of the molecule is C=CC(F)C(F)(F)C(F)(F)C(F)(F)F. The Kier molecular flexibility index (Phi) is 3.19. The van der Waals surface area contributed by atoms with Crippen LogP contribution in [0.4, 0.5) is 35.1 Å². The van der Waals surface area contributed by atoms with Gasteiger partial charge in [-0.05, 0) is 0 Å². The van der Waals surface area contributed by atoms with Crippen LogP contribution in [0.1, 0.15) is 0 Å². The normalized spacial score (nSPS) is 16.6. The van der Waals surface area contributed by atoms with Crippen LogP contribution in [0, 0.1) is 0 Å². The highest BCUT2D eigenvalue weighted by Gasteiger charge is 2.75. The third-order valence-corrected chi connectivity index (χ3v) is 1.33. The van der Waals surface area contributed by atoms with Gasteiger partial charge in [0, 0.05) is 0 Å². The Bertz CT molecular complexity index is 214. The molecule has 0 bridgehead atoms. The van der Waals surface area contributed by atoms with Crippen LogP contribution in [0.5, 0.6) is 0 Å². The van der Waals surface area contributed by atoms with Crippen LogP contribution in [0.25, 0.3) is 0 Å². The molecule has 0 radical (unpaired) electrons. The fourth-order valence-corrected chi connectivity index (χ4v) is 0.510. The van der Waals surface area contributed by atoms with Crippen molar-refractivity contribution < 1.29 is 35.1 Å². The Balaban J connectivity index is 5.17. The van der Waals surface area contributed by atoms with E-state index in [2.05, 4.69) is 6.58 Å². The third kappa shape index (κ3) is 1.83. The van der Waals surface area contributed by atoms with E-state index in [9.17, 15) is 35.1 Å². The maximum Gasteiger partial charge on any atom is 0.460 e. The third-order valence-electron chi connectivity index (χ3n) is 1.33. The van der Waals surface area contributed by atoms with E-state index in [1.54, 1.807) is 0 Å². The number of halogens is 8. The average molecular weight is 228 g/mol. The van der Waals surface area contributed by atoms with E-state index in [-0.39, 0.29) is 6.08 Å². The largest absolute Gasteiger partial charge is 0.460 e. The number of hydrogen-bond acceptors (Lipinski definition) is 0. The van der Waals surface area contributed by atoms with Crippen molar-refractivity contribution in [2.45, 2.75) is 24.2 Å². The molecule has 0 rings (SSSR count). The molecule has 0 N–H and O–H groups in total. The first-order chi connectivity index (χ1) is 5.98. The molecule has 0 fully saturated rings. The number of allylic oxidation sites excluding steroid dienone is 1. The summed E-state index contributed by atoms with van der Waals surface area (Å²) in [6, 6.07) is 0. The molecule has 0 aliphatic heterocycles. The van der Waals surface area contributed by atoms with Gasteiger partial charge in [-0.1, -0.05) is 12.7 Å². The standard InChI is InChI=1S/C6H4F8/c1-2-3(7)4(8,9)5(10,11)6(12,13)14/h2-3H,1H2. The second kappa shape index (κ2) is 3.39. The molecule has 0 aliphatic carbocycles. The molecule has 1 atom stereocenters. The highest BCUT2D eigenvalue weighted by Crippen LogP contribution is 2.48. The lowest BCUT2D eigenvalue weighted by Crippen LogP contribution is -2.56. The first-order valence-electron chi connectivity index (χ1n) is 3.07. The van der Waals surface area contributed by atoms with Crippen molar-refractivity contribution in [1.29, 1.82) is 0 Å². The molecule has 0 aromatic heterocycles. The van der Waals surface area contributed by atoms with Gasteiger partial charge in [0.25, 0.3) is 0 Å². The van der Waals surface area contributed by atoms with Crippen molar-refractivity contribution in [1.82, 2.24) is 0 Å². The molecule has 0 saturated heterocycles. The maximum atomic E-state index is 12.2. The van der Waals surface area contributed by atoms with Crippen LogP contribution in [-0.2, 0) is 0 Å². The van der Waals surface area contributed by atoms with Gasteiger partial charge in [-0.15, -0.1) is 0 Å². The summed E-state index contributed by atoms with van der Waals surface area (Å²) in [6.07, 6.45) is -10.6. The van der Waals surface area contributed by atoms with Crippen LogP contribution in [0.15, 0.2) is 12.7 Å². The Morgan fingerprint density at radius 1 is 0.929 bits per heavy atom. The van der Waals surface area contributed by atoms with E-state index in [0.717, 1.165) is 0 Å². The molecule has 0 saturated carbocycles. The lowest BCUT2D eigenvalue weighted by molar-refractivity contribution is -0.362. The second-order valence-corrected chi connectivity index (χ2v) is 2.33. The van der Waals surface area contributed by atoms with Crippen LogP contribution >= 0.6 is 0 Å². The summed E-state index contributed by atoms with van der Waals surface area (Å²) in [5.74, 6) is -12.3. The summed E-state index contributed by atoms with van der Waals surface area (Å²) in [7, 11) is 0. The molecule has 0 heterocycles. The average Bonchev–Trinajstić information content (AvgIpc) is 2.00. The summed E-state index contributed by atoms with van der Waals surface area (Å²) in [5.41, 5.74) is 0. The minimum Gasteiger partial charge on any atom is -0.236 e. The molecule has 0 spiro atoms. The monoisotopic (exact) mass is 228 g/mol. The topological polar surface area (TPSA) is 0 Å². The van der Waals surface area contributed by atoms with Crippen molar-refractivity contribution in [3.8, 4) is 0 Å². The van der Waals surface area contributed by atoms with E-state index in [4.69, 9.17) is 0 Å². The summed E-state index contributed by atoms with van der Waals surface area (Å²) in [4.78, 5) is 0. The quantitative estimate of drug-likeness (QED) is 0.513. The summed E-state index contributed by atoms with van der Waals surface area (Å²) >= 11 is 0. The highest BCUT2D eigenvalue weighted by atomic mass is 19.4. The minimum atomic E-state index is -6.51. The Labute approximate surface area is 73.2 Å². The van der Waals surface area contributed by atoms with Gasteiger partial charge in [0.15, 0.2) is 6.17 Å². The second-order valence-electron chi connectivity index (χ2n) is 2.33. The van der Waals surface area contributed by atoms with Gasteiger partial charge in [0.2, 0.25) is 0 Å². The predicted octanol–water partition coefficient (Wildman–Crippen LogP) is 3.34. The molecule has 14 heavy (non-hydrogen) atoms. The molecule has 0 aliphatic rings. The molecule has 0 aromatic carbocycles. The Hall–Kier alpha value is -0.820. The first-order valence-corrected chi connectivity index (χ1v) is 3.07. The van der Waals surface area contributed by atoms with Crippen molar-refractivity contribution in [3.63, 3.8) is 0 Å². The minimum absolute atomic E-state index is 0.320. The van der Waals surface area contributed by atoms with E-state index in [0.29, 0.717) is 0 Å². The van der Waals surface area contributed by atoms with Gasteiger partial charge in [-0.3, -0.25) is 0 Å². The molecule has 1 unspecified atom stereocenters. The lowest BCUT2D eigenvalue weighted by atomic mass is 10.1. The number of alkyl halides is 8. The van der Waals surface area contributed by atoms with E-state index < -0.39 is 24.2 Å². The molecular formula is C6H4F8. The summed E-state index contributed by atoms with van der Waals surface area (Å²) in [5, 5.41) is 0. The van der Waals surface area contributed by atoms with Gasteiger partial charge in [0.05, 0.1) is 0 Å². The van der Waals surface area contributed by atoms with Gasteiger partial charge in [-0.2, -0.15) is 30.7 Å². The summed E-state index contributed by atoms with van der Waals surface area (Å²) in [6.45, 7) is 2.37. The summed E-state index contributed by atoms with van der Waals surface area (Å²) < 4.78 is 94.6. The molecule has 0 amide bonds. The lowest BCUT2D eigenvalue weighted by Gasteiger charge is -2.29. The first kappa shape index (κ1) is 13.2. The fraction of sp³-hybridized carbons (Fsp3) is 0.667. The van der Waals surface area contributed by atoms with Crippen molar-refractivity contribution in [2.24, 2.45) is 0 Å². The van der Waals surface area contributed by atoms with Crippen LogP contribution < -0.4 is 0 Å². The zero-order chi connectivity index (χ0) is 11.8.